The molecule has 27 heavy (non-hydrogen) atoms. The Hall–Kier alpha value is -3.49. The molecule has 3 rings (SSSR count). The molecule has 5 nitrogen and oxygen atoms in total. The van der Waals surface area contributed by atoms with Crippen molar-refractivity contribution in [2.75, 3.05) is 12.4 Å². The van der Waals surface area contributed by atoms with E-state index in [1.165, 1.54) is 13.2 Å². The number of benzene rings is 2. The SMILES string of the molecule is COc1cccc(NC(=O)C(C#N)=Cc2ccc(-c3cccc(Cl)c3)o2)c1. The van der Waals surface area contributed by atoms with Gasteiger partial charge >= 0.3 is 0 Å². The van der Waals surface area contributed by atoms with Crippen LogP contribution in [0.5, 0.6) is 5.75 Å². The zero-order valence-corrected chi connectivity index (χ0v) is 15.2. The molecule has 3 aromatic rings. The van der Waals surface area contributed by atoms with Crippen molar-refractivity contribution in [1.29, 1.82) is 5.26 Å². The Labute approximate surface area is 161 Å². The number of halogens is 1. The first-order valence-corrected chi connectivity index (χ1v) is 8.40. The lowest BCUT2D eigenvalue weighted by Crippen LogP contribution is -2.13. The van der Waals surface area contributed by atoms with Crippen LogP contribution in [0.15, 0.2) is 70.7 Å². The van der Waals surface area contributed by atoms with Crippen molar-refractivity contribution < 1.29 is 13.9 Å². The summed E-state index contributed by atoms with van der Waals surface area (Å²) in [5, 5.41) is 12.6. The lowest BCUT2D eigenvalue weighted by molar-refractivity contribution is -0.112. The van der Waals surface area contributed by atoms with E-state index in [0.717, 1.165) is 5.56 Å². The van der Waals surface area contributed by atoms with Crippen LogP contribution in [0.25, 0.3) is 17.4 Å². The van der Waals surface area contributed by atoms with Crippen LogP contribution in [0.4, 0.5) is 5.69 Å². The van der Waals surface area contributed by atoms with E-state index in [-0.39, 0.29) is 5.57 Å². The van der Waals surface area contributed by atoms with Crippen LogP contribution in [-0.2, 0) is 4.79 Å². The van der Waals surface area contributed by atoms with Crippen molar-refractivity contribution in [3.8, 4) is 23.1 Å². The number of carbonyl (C=O) groups excluding carboxylic acids is 1. The number of hydrogen-bond donors (Lipinski definition) is 1. The Balaban J connectivity index is 1.80. The van der Waals surface area contributed by atoms with Gasteiger partial charge in [-0.05, 0) is 36.4 Å². The minimum Gasteiger partial charge on any atom is -0.497 e. The van der Waals surface area contributed by atoms with E-state index in [4.69, 9.17) is 20.8 Å². The quantitative estimate of drug-likeness (QED) is 0.491. The Kier molecular flexibility index (Phi) is 5.60. The molecule has 0 atom stereocenters. The van der Waals surface area contributed by atoms with E-state index < -0.39 is 5.91 Å². The first kappa shape index (κ1) is 18.3. The summed E-state index contributed by atoms with van der Waals surface area (Å²) in [5.74, 6) is 1.05. The molecular weight excluding hydrogens is 364 g/mol. The molecule has 0 saturated carbocycles. The monoisotopic (exact) mass is 378 g/mol. The molecule has 1 heterocycles. The highest BCUT2D eigenvalue weighted by molar-refractivity contribution is 6.30. The molecule has 0 fully saturated rings. The third-order valence-electron chi connectivity index (χ3n) is 3.72. The Bertz CT molecular complexity index is 1050. The van der Waals surface area contributed by atoms with Gasteiger partial charge in [0.25, 0.3) is 5.91 Å². The number of ether oxygens (including phenoxy) is 1. The van der Waals surface area contributed by atoms with Crippen molar-refractivity contribution in [2.45, 2.75) is 0 Å². The molecule has 134 valence electrons. The lowest BCUT2D eigenvalue weighted by atomic mass is 10.2. The molecule has 0 aliphatic carbocycles. The van der Waals surface area contributed by atoms with E-state index in [1.807, 2.05) is 18.2 Å². The molecule has 0 bridgehead atoms. The number of anilines is 1. The standard InChI is InChI=1S/C21H15ClN2O3/c1-26-18-7-3-6-17(12-18)24-21(25)15(13-23)11-19-8-9-20(27-19)14-4-2-5-16(22)10-14/h2-12H,1H3,(H,24,25). The second kappa shape index (κ2) is 8.26. The fourth-order valence-electron chi connectivity index (χ4n) is 2.42. The molecule has 0 aliphatic heterocycles. The second-order valence-electron chi connectivity index (χ2n) is 5.57. The van der Waals surface area contributed by atoms with Crippen LogP contribution in [0.2, 0.25) is 5.02 Å². The zero-order valence-electron chi connectivity index (χ0n) is 14.4. The van der Waals surface area contributed by atoms with Gasteiger partial charge < -0.3 is 14.5 Å². The Morgan fingerprint density at radius 1 is 1.19 bits per heavy atom. The van der Waals surface area contributed by atoms with E-state index in [0.29, 0.717) is 28.0 Å². The third-order valence-corrected chi connectivity index (χ3v) is 3.95. The molecule has 1 aromatic heterocycles. The maximum atomic E-state index is 12.4. The van der Waals surface area contributed by atoms with Gasteiger partial charge in [0, 0.05) is 28.4 Å². The summed E-state index contributed by atoms with van der Waals surface area (Å²) in [6.07, 6.45) is 1.39. The summed E-state index contributed by atoms with van der Waals surface area (Å²) in [5.41, 5.74) is 1.26. The van der Waals surface area contributed by atoms with Gasteiger partial charge in [-0.1, -0.05) is 29.8 Å². The van der Waals surface area contributed by atoms with Crippen molar-refractivity contribution in [2.24, 2.45) is 0 Å². The largest absolute Gasteiger partial charge is 0.497 e. The number of amides is 1. The van der Waals surface area contributed by atoms with Crippen LogP contribution in [0.3, 0.4) is 0 Å². The molecule has 0 aliphatic rings. The second-order valence-corrected chi connectivity index (χ2v) is 6.00. The number of hydrogen-bond acceptors (Lipinski definition) is 4. The molecule has 0 saturated heterocycles. The molecule has 0 radical (unpaired) electrons. The summed E-state index contributed by atoms with van der Waals surface area (Å²) in [4.78, 5) is 12.4. The predicted molar refractivity (Wildman–Crippen MR) is 104 cm³/mol. The van der Waals surface area contributed by atoms with Crippen LogP contribution in [0, 0.1) is 11.3 Å². The predicted octanol–water partition coefficient (Wildman–Crippen LogP) is 5.15. The molecule has 6 heteroatoms. The maximum absolute atomic E-state index is 12.4. The highest BCUT2D eigenvalue weighted by Gasteiger charge is 2.12. The summed E-state index contributed by atoms with van der Waals surface area (Å²) in [7, 11) is 1.54. The smallest absolute Gasteiger partial charge is 0.266 e. The van der Waals surface area contributed by atoms with E-state index in [9.17, 15) is 10.1 Å². The number of furan rings is 1. The summed E-state index contributed by atoms with van der Waals surface area (Å²) in [6, 6.07) is 19.4. The summed E-state index contributed by atoms with van der Waals surface area (Å²) in [6.45, 7) is 0. The van der Waals surface area contributed by atoms with Gasteiger partial charge in [-0.3, -0.25) is 4.79 Å². The van der Waals surface area contributed by atoms with Gasteiger partial charge in [-0.15, -0.1) is 0 Å². The van der Waals surface area contributed by atoms with Gasteiger partial charge in [-0.25, -0.2) is 0 Å². The van der Waals surface area contributed by atoms with E-state index >= 15 is 0 Å². The van der Waals surface area contributed by atoms with Gasteiger partial charge in [0.2, 0.25) is 0 Å². The number of carbonyl (C=O) groups is 1. The van der Waals surface area contributed by atoms with Crippen LogP contribution in [0.1, 0.15) is 5.76 Å². The molecule has 1 N–H and O–H groups in total. The highest BCUT2D eigenvalue weighted by atomic mass is 35.5. The fourth-order valence-corrected chi connectivity index (χ4v) is 2.61. The van der Waals surface area contributed by atoms with Crippen molar-refractivity contribution in [3.63, 3.8) is 0 Å². The van der Waals surface area contributed by atoms with Crippen molar-refractivity contribution in [1.82, 2.24) is 0 Å². The molecular formula is C21H15ClN2O3. The number of nitrogens with one attached hydrogen (secondary N) is 1. The van der Waals surface area contributed by atoms with Gasteiger partial charge in [0.05, 0.1) is 7.11 Å². The summed E-state index contributed by atoms with van der Waals surface area (Å²) < 4.78 is 10.8. The summed E-state index contributed by atoms with van der Waals surface area (Å²) >= 11 is 5.99. The topological polar surface area (TPSA) is 75.3 Å². The minimum absolute atomic E-state index is 0.0789. The maximum Gasteiger partial charge on any atom is 0.266 e. The number of nitriles is 1. The minimum atomic E-state index is -0.536. The molecule has 2 aromatic carbocycles. The molecule has 0 spiro atoms. The normalized spacial score (nSPS) is 10.9. The molecule has 0 unspecified atom stereocenters. The zero-order chi connectivity index (χ0) is 19.2. The van der Waals surface area contributed by atoms with Crippen molar-refractivity contribution >= 4 is 29.3 Å². The van der Waals surface area contributed by atoms with E-state index in [2.05, 4.69) is 5.32 Å². The van der Waals surface area contributed by atoms with Crippen LogP contribution < -0.4 is 10.1 Å². The van der Waals surface area contributed by atoms with Crippen LogP contribution >= 0.6 is 11.6 Å². The first-order valence-electron chi connectivity index (χ1n) is 8.02. The number of rotatable bonds is 5. The number of nitrogens with zero attached hydrogens (tertiary/aromatic N) is 1. The Morgan fingerprint density at radius 2 is 2.00 bits per heavy atom. The Morgan fingerprint density at radius 3 is 2.74 bits per heavy atom. The fraction of sp³-hybridized carbons (Fsp3) is 0.0476. The van der Waals surface area contributed by atoms with E-state index in [1.54, 1.807) is 48.5 Å². The van der Waals surface area contributed by atoms with Gasteiger partial charge in [-0.2, -0.15) is 5.26 Å². The third kappa shape index (κ3) is 4.57. The van der Waals surface area contributed by atoms with Gasteiger partial charge in [0.15, 0.2) is 0 Å². The lowest BCUT2D eigenvalue weighted by Gasteiger charge is -2.06. The average molecular weight is 379 g/mol. The molecule has 1 amide bonds. The van der Waals surface area contributed by atoms with Crippen molar-refractivity contribution in [3.05, 3.63) is 77.0 Å². The number of methoxy groups -OCH3 is 1. The average Bonchev–Trinajstić information content (AvgIpc) is 3.15. The first-order chi connectivity index (χ1) is 13.1. The highest BCUT2D eigenvalue weighted by Crippen LogP contribution is 2.26. The van der Waals surface area contributed by atoms with Gasteiger partial charge in [0.1, 0.15) is 28.9 Å². The van der Waals surface area contributed by atoms with Crippen LogP contribution in [-0.4, -0.2) is 13.0 Å².